The lowest BCUT2D eigenvalue weighted by Crippen LogP contribution is -2.13. The standard InChI is InChI=1S/C14H16O5P/c1-17-14(15)12-5-4-11-9-13(7-6-10(11)8-12)20(16,18-2)19-3/h4-9,16H,1-3H3/q+1. The number of ether oxygens (including phenoxy) is 1. The Hall–Kier alpha value is -1.52. The molecule has 0 unspecified atom stereocenters. The molecule has 0 aliphatic carbocycles. The third-order valence-electron chi connectivity index (χ3n) is 3.07. The van der Waals surface area contributed by atoms with Crippen molar-refractivity contribution in [2.24, 2.45) is 0 Å². The maximum atomic E-state index is 11.5. The Morgan fingerprint density at radius 3 is 2.20 bits per heavy atom. The minimum absolute atomic E-state index is 0.381. The zero-order valence-electron chi connectivity index (χ0n) is 11.5. The molecule has 2 aromatic rings. The van der Waals surface area contributed by atoms with Crippen LogP contribution in [0.3, 0.4) is 0 Å². The van der Waals surface area contributed by atoms with Crippen molar-refractivity contribution in [1.82, 2.24) is 0 Å². The first-order valence-corrected chi connectivity index (χ1v) is 7.48. The van der Waals surface area contributed by atoms with Gasteiger partial charge in [-0.15, -0.1) is 0 Å². The van der Waals surface area contributed by atoms with Crippen LogP contribution >= 0.6 is 7.94 Å². The third-order valence-corrected chi connectivity index (χ3v) is 4.99. The average molecular weight is 295 g/mol. The molecule has 6 heteroatoms. The van der Waals surface area contributed by atoms with Crippen LogP contribution in [0.1, 0.15) is 10.4 Å². The van der Waals surface area contributed by atoms with E-state index in [0.29, 0.717) is 10.9 Å². The van der Waals surface area contributed by atoms with Crippen molar-refractivity contribution in [2.45, 2.75) is 0 Å². The summed E-state index contributed by atoms with van der Waals surface area (Å²) in [7, 11) is 1.14. The molecule has 0 aliphatic rings. The van der Waals surface area contributed by atoms with Gasteiger partial charge in [-0.25, -0.2) is 4.79 Å². The summed E-state index contributed by atoms with van der Waals surface area (Å²) in [5, 5.41) is 2.33. The first kappa shape index (κ1) is 14.9. The van der Waals surface area contributed by atoms with Crippen LogP contribution < -0.4 is 5.30 Å². The lowest BCUT2D eigenvalue weighted by molar-refractivity contribution is 0.0601. The fourth-order valence-corrected chi connectivity index (χ4v) is 3.07. The van der Waals surface area contributed by atoms with E-state index in [-0.39, 0.29) is 5.97 Å². The summed E-state index contributed by atoms with van der Waals surface area (Å²) in [5.74, 6) is -0.381. The van der Waals surface area contributed by atoms with Gasteiger partial charge in [-0.1, -0.05) is 12.1 Å². The fourth-order valence-electron chi connectivity index (χ4n) is 1.94. The second-order valence-corrected chi connectivity index (χ2v) is 6.41. The van der Waals surface area contributed by atoms with Crippen molar-refractivity contribution in [1.29, 1.82) is 0 Å². The molecular weight excluding hydrogens is 279 g/mol. The predicted octanol–water partition coefficient (Wildman–Crippen LogP) is 2.30. The summed E-state index contributed by atoms with van der Waals surface area (Å²) in [6.45, 7) is 0. The summed E-state index contributed by atoms with van der Waals surface area (Å²) < 4.78 is 14.8. The van der Waals surface area contributed by atoms with E-state index in [4.69, 9.17) is 9.05 Å². The van der Waals surface area contributed by atoms with Crippen LogP contribution in [0.25, 0.3) is 10.8 Å². The van der Waals surface area contributed by atoms with E-state index in [2.05, 4.69) is 4.74 Å². The Morgan fingerprint density at radius 2 is 1.60 bits per heavy atom. The molecule has 0 amide bonds. The van der Waals surface area contributed by atoms with Crippen LogP contribution in [0.5, 0.6) is 0 Å². The number of methoxy groups -OCH3 is 1. The number of hydrogen-bond donors (Lipinski definition) is 1. The Kier molecular flexibility index (Phi) is 4.35. The first-order chi connectivity index (χ1) is 9.54. The zero-order chi connectivity index (χ0) is 14.8. The Balaban J connectivity index is 2.49. The van der Waals surface area contributed by atoms with E-state index in [1.807, 2.05) is 0 Å². The van der Waals surface area contributed by atoms with Crippen LogP contribution in [0.2, 0.25) is 0 Å². The van der Waals surface area contributed by atoms with Gasteiger partial charge in [-0.2, -0.15) is 13.9 Å². The Morgan fingerprint density at radius 1 is 1.00 bits per heavy atom. The molecule has 5 nitrogen and oxygen atoms in total. The van der Waals surface area contributed by atoms with Gasteiger partial charge in [0.15, 0.2) is 5.30 Å². The summed E-state index contributed by atoms with van der Waals surface area (Å²) in [6, 6.07) is 10.5. The van der Waals surface area contributed by atoms with Crippen molar-refractivity contribution < 1.29 is 23.5 Å². The zero-order valence-corrected chi connectivity index (χ0v) is 12.4. The molecule has 0 radical (unpaired) electrons. The highest BCUT2D eigenvalue weighted by Crippen LogP contribution is 2.54. The average Bonchev–Trinajstić information content (AvgIpc) is 2.52. The van der Waals surface area contributed by atoms with Gasteiger partial charge in [0.25, 0.3) is 0 Å². The molecule has 2 aromatic carbocycles. The third kappa shape index (κ3) is 2.67. The molecular formula is C14H16O5P+. The lowest BCUT2D eigenvalue weighted by Gasteiger charge is -2.13. The molecule has 2 rings (SSSR count). The van der Waals surface area contributed by atoms with Gasteiger partial charge in [0.2, 0.25) is 0 Å². The van der Waals surface area contributed by atoms with Gasteiger partial charge in [-0.05, 0) is 35.0 Å². The number of esters is 1. The molecule has 0 atom stereocenters. The van der Waals surface area contributed by atoms with E-state index in [1.165, 1.54) is 21.3 Å². The number of carbonyl (C=O) groups is 1. The number of rotatable bonds is 4. The summed E-state index contributed by atoms with van der Waals surface area (Å²) >= 11 is 0. The molecule has 0 aromatic heterocycles. The van der Waals surface area contributed by atoms with E-state index < -0.39 is 7.94 Å². The molecule has 0 fully saturated rings. The maximum absolute atomic E-state index is 11.5. The van der Waals surface area contributed by atoms with E-state index in [9.17, 15) is 9.69 Å². The minimum Gasteiger partial charge on any atom is -0.465 e. The van der Waals surface area contributed by atoms with Gasteiger partial charge < -0.3 is 4.74 Å². The van der Waals surface area contributed by atoms with Crippen molar-refractivity contribution in [3.63, 3.8) is 0 Å². The van der Waals surface area contributed by atoms with Gasteiger partial charge in [0.1, 0.15) is 0 Å². The van der Waals surface area contributed by atoms with Crippen LogP contribution in [0, 0.1) is 0 Å². The fraction of sp³-hybridized carbons (Fsp3) is 0.214. The van der Waals surface area contributed by atoms with Crippen LogP contribution in [-0.4, -0.2) is 32.2 Å². The maximum Gasteiger partial charge on any atom is 0.445 e. The summed E-state index contributed by atoms with van der Waals surface area (Å²) in [5.41, 5.74) is 0.483. The topological polar surface area (TPSA) is 65.0 Å². The van der Waals surface area contributed by atoms with E-state index in [0.717, 1.165) is 10.8 Å². The smallest absolute Gasteiger partial charge is 0.445 e. The monoisotopic (exact) mass is 295 g/mol. The molecule has 106 valence electrons. The van der Waals surface area contributed by atoms with Crippen LogP contribution in [0.4, 0.5) is 0 Å². The quantitative estimate of drug-likeness (QED) is 0.692. The van der Waals surface area contributed by atoms with Gasteiger partial charge in [0.05, 0.1) is 26.9 Å². The highest BCUT2D eigenvalue weighted by atomic mass is 31.2. The second-order valence-electron chi connectivity index (χ2n) is 4.12. The molecule has 0 spiro atoms. The van der Waals surface area contributed by atoms with E-state index in [1.54, 1.807) is 36.4 Å². The molecule has 0 saturated carbocycles. The molecule has 0 saturated heterocycles. The molecule has 0 bridgehead atoms. The number of carbonyl (C=O) groups excluding carboxylic acids is 1. The molecule has 20 heavy (non-hydrogen) atoms. The lowest BCUT2D eigenvalue weighted by atomic mass is 10.1. The Labute approximate surface area is 117 Å². The van der Waals surface area contributed by atoms with Crippen molar-refractivity contribution in [2.75, 3.05) is 21.3 Å². The molecule has 0 heterocycles. The summed E-state index contributed by atoms with van der Waals surface area (Å²) in [4.78, 5) is 21.7. The molecule has 0 aliphatic heterocycles. The first-order valence-electron chi connectivity index (χ1n) is 5.90. The second kappa shape index (κ2) is 5.85. The summed E-state index contributed by atoms with van der Waals surface area (Å²) in [6.07, 6.45) is 0. The van der Waals surface area contributed by atoms with Crippen molar-refractivity contribution in [3.8, 4) is 0 Å². The highest BCUT2D eigenvalue weighted by molar-refractivity contribution is 7.68. The van der Waals surface area contributed by atoms with Crippen molar-refractivity contribution in [3.05, 3.63) is 42.0 Å². The normalized spacial score (nSPS) is 11.6. The predicted molar refractivity (Wildman–Crippen MR) is 78.1 cm³/mol. The SMILES string of the molecule is COC(=O)c1ccc2cc([P+](O)(OC)OC)ccc2c1. The largest absolute Gasteiger partial charge is 0.465 e. The highest BCUT2D eigenvalue weighted by Gasteiger charge is 2.41. The van der Waals surface area contributed by atoms with Gasteiger partial charge in [0, 0.05) is 0 Å². The van der Waals surface area contributed by atoms with Crippen LogP contribution in [0.15, 0.2) is 36.4 Å². The van der Waals surface area contributed by atoms with Gasteiger partial charge >= 0.3 is 13.9 Å². The Bertz CT molecular complexity index is 636. The van der Waals surface area contributed by atoms with Crippen molar-refractivity contribution >= 4 is 30.0 Å². The van der Waals surface area contributed by atoms with Gasteiger partial charge in [-0.3, -0.25) is 0 Å². The van der Waals surface area contributed by atoms with Crippen LogP contribution in [-0.2, 0) is 13.8 Å². The number of benzene rings is 2. The number of hydrogen-bond acceptors (Lipinski definition) is 5. The number of fused-ring (bicyclic) bond motifs is 1. The minimum atomic E-state index is -3.02. The molecule has 1 N–H and O–H groups in total. The van der Waals surface area contributed by atoms with E-state index >= 15 is 0 Å².